The van der Waals surface area contributed by atoms with Gasteiger partial charge in [0.1, 0.15) is 0 Å². The first kappa shape index (κ1) is 11.6. The highest BCUT2D eigenvalue weighted by molar-refractivity contribution is 6.31. The predicted octanol–water partition coefficient (Wildman–Crippen LogP) is 2.14. The first-order valence-corrected chi connectivity index (χ1v) is 6.01. The summed E-state index contributed by atoms with van der Waals surface area (Å²) in [5.41, 5.74) is 0. The second-order valence-corrected chi connectivity index (χ2v) is 4.16. The Labute approximate surface area is 101 Å². The number of hydrogen-bond donors (Lipinski definition) is 0. The van der Waals surface area contributed by atoms with Gasteiger partial charge in [-0.05, 0) is 19.8 Å². The summed E-state index contributed by atoms with van der Waals surface area (Å²) >= 11 is 6.07. The Balaban J connectivity index is 2.18. The van der Waals surface area contributed by atoms with Crippen LogP contribution in [0.2, 0.25) is 5.15 Å². The highest BCUT2D eigenvalue weighted by Crippen LogP contribution is 2.25. The zero-order chi connectivity index (χ0) is 11.4. The maximum absolute atomic E-state index is 6.07. The van der Waals surface area contributed by atoms with E-state index in [1.165, 1.54) is 0 Å². The molecule has 1 aromatic rings. The Hall–Kier alpha value is -0.870. The average Bonchev–Trinajstić information content (AvgIpc) is 2.34. The van der Waals surface area contributed by atoms with E-state index in [2.05, 4.69) is 21.8 Å². The fourth-order valence-corrected chi connectivity index (χ4v) is 2.30. The van der Waals surface area contributed by atoms with Crippen LogP contribution in [0.4, 0.5) is 5.82 Å². The van der Waals surface area contributed by atoms with Crippen LogP contribution in [0.15, 0.2) is 12.4 Å². The standard InChI is InChI=1S/C11H16ClN3O/c1-2-15(9-3-7-16-8-4-9)11-10(12)13-5-6-14-11/h5-6,9H,2-4,7-8H2,1H3. The molecule has 1 saturated heterocycles. The van der Waals surface area contributed by atoms with Gasteiger partial charge in [-0.25, -0.2) is 9.97 Å². The summed E-state index contributed by atoms with van der Waals surface area (Å²) in [6, 6.07) is 0.466. The predicted molar refractivity (Wildman–Crippen MR) is 63.9 cm³/mol. The van der Waals surface area contributed by atoms with Gasteiger partial charge in [-0.15, -0.1) is 0 Å². The van der Waals surface area contributed by atoms with E-state index in [4.69, 9.17) is 16.3 Å². The third-order valence-corrected chi connectivity index (χ3v) is 3.15. The van der Waals surface area contributed by atoms with Crippen LogP contribution in [0, 0.1) is 0 Å². The molecule has 88 valence electrons. The maximum Gasteiger partial charge on any atom is 0.171 e. The van der Waals surface area contributed by atoms with Crippen molar-refractivity contribution < 1.29 is 4.74 Å². The molecule has 0 spiro atoms. The van der Waals surface area contributed by atoms with Crippen molar-refractivity contribution >= 4 is 17.4 Å². The molecule has 16 heavy (non-hydrogen) atoms. The Morgan fingerprint density at radius 1 is 1.38 bits per heavy atom. The van der Waals surface area contributed by atoms with Gasteiger partial charge in [0.05, 0.1) is 0 Å². The molecule has 2 heterocycles. The molecule has 0 atom stereocenters. The van der Waals surface area contributed by atoms with Crippen molar-refractivity contribution in [2.45, 2.75) is 25.8 Å². The van der Waals surface area contributed by atoms with Crippen LogP contribution in [0.5, 0.6) is 0 Å². The minimum Gasteiger partial charge on any atom is -0.381 e. The Morgan fingerprint density at radius 3 is 2.69 bits per heavy atom. The molecule has 0 radical (unpaired) electrons. The lowest BCUT2D eigenvalue weighted by Gasteiger charge is -2.34. The molecule has 1 aromatic heterocycles. The lowest BCUT2D eigenvalue weighted by molar-refractivity contribution is 0.0845. The van der Waals surface area contributed by atoms with E-state index in [0.717, 1.165) is 38.4 Å². The van der Waals surface area contributed by atoms with Crippen molar-refractivity contribution in [2.24, 2.45) is 0 Å². The molecule has 0 unspecified atom stereocenters. The summed E-state index contributed by atoms with van der Waals surface area (Å²) in [7, 11) is 0. The first-order chi connectivity index (χ1) is 7.83. The van der Waals surface area contributed by atoms with Crippen LogP contribution in [0.1, 0.15) is 19.8 Å². The molecule has 0 amide bonds. The van der Waals surface area contributed by atoms with E-state index in [0.29, 0.717) is 11.2 Å². The van der Waals surface area contributed by atoms with E-state index >= 15 is 0 Å². The third-order valence-electron chi connectivity index (χ3n) is 2.88. The van der Waals surface area contributed by atoms with E-state index < -0.39 is 0 Å². The zero-order valence-corrected chi connectivity index (χ0v) is 10.2. The number of hydrogen-bond acceptors (Lipinski definition) is 4. The van der Waals surface area contributed by atoms with Crippen molar-refractivity contribution in [3.05, 3.63) is 17.5 Å². The fourth-order valence-electron chi connectivity index (χ4n) is 2.08. The van der Waals surface area contributed by atoms with Crippen LogP contribution in [0.25, 0.3) is 0 Å². The molecule has 0 N–H and O–H groups in total. The molecule has 1 fully saturated rings. The van der Waals surface area contributed by atoms with E-state index in [1.54, 1.807) is 12.4 Å². The van der Waals surface area contributed by atoms with E-state index in [1.807, 2.05) is 0 Å². The summed E-state index contributed by atoms with van der Waals surface area (Å²) < 4.78 is 5.36. The Bertz CT molecular complexity index is 342. The SMILES string of the molecule is CCN(c1nccnc1Cl)C1CCOCC1. The van der Waals surface area contributed by atoms with Gasteiger partial charge in [0.15, 0.2) is 11.0 Å². The van der Waals surface area contributed by atoms with E-state index in [9.17, 15) is 0 Å². The van der Waals surface area contributed by atoms with Crippen LogP contribution in [-0.2, 0) is 4.74 Å². The fraction of sp³-hybridized carbons (Fsp3) is 0.636. The number of rotatable bonds is 3. The maximum atomic E-state index is 6.07. The summed E-state index contributed by atoms with van der Waals surface area (Å²) in [5, 5.41) is 0.482. The molecule has 0 aromatic carbocycles. The lowest BCUT2D eigenvalue weighted by Crippen LogP contribution is -2.40. The molecule has 0 bridgehead atoms. The number of ether oxygens (including phenoxy) is 1. The number of anilines is 1. The van der Waals surface area contributed by atoms with Crippen LogP contribution in [0.3, 0.4) is 0 Å². The normalized spacial score (nSPS) is 17.4. The quantitative estimate of drug-likeness (QED) is 0.813. The topological polar surface area (TPSA) is 38.2 Å². The second-order valence-electron chi connectivity index (χ2n) is 3.80. The number of aromatic nitrogens is 2. The minimum absolute atomic E-state index is 0.466. The summed E-state index contributed by atoms with van der Waals surface area (Å²) in [6.07, 6.45) is 5.36. The summed E-state index contributed by atoms with van der Waals surface area (Å²) in [6.45, 7) is 4.64. The average molecular weight is 242 g/mol. The molecular weight excluding hydrogens is 226 g/mol. The van der Waals surface area contributed by atoms with Gasteiger partial charge < -0.3 is 9.64 Å². The van der Waals surface area contributed by atoms with Crippen molar-refractivity contribution in [3.63, 3.8) is 0 Å². The summed E-state index contributed by atoms with van der Waals surface area (Å²) in [5.74, 6) is 0.790. The molecular formula is C11H16ClN3O. The number of nitrogens with zero attached hydrogens (tertiary/aromatic N) is 3. The Morgan fingerprint density at radius 2 is 2.06 bits per heavy atom. The van der Waals surface area contributed by atoms with Crippen molar-refractivity contribution in [1.82, 2.24) is 9.97 Å². The highest BCUT2D eigenvalue weighted by Gasteiger charge is 2.23. The van der Waals surface area contributed by atoms with Gasteiger partial charge in [0.2, 0.25) is 0 Å². The molecule has 1 aliphatic heterocycles. The first-order valence-electron chi connectivity index (χ1n) is 5.63. The largest absolute Gasteiger partial charge is 0.381 e. The van der Waals surface area contributed by atoms with Gasteiger partial charge in [0, 0.05) is 38.2 Å². The second kappa shape index (κ2) is 5.46. The lowest BCUT2D eigenvalue weighted by atomic mass is 10.1. The molecule has 0 aliphatic carbocycles. The monoisotopic (exact) mass is 241 g/mol. The van der Waals surface area contributed by atoms with Gasteiger partial charge in [0.25, 0.3) is 0 Å². The highest BCUT2D eigenvalue weighted by atomic mass is 35.5. The summed E-state index contributed by atoms with van der Waals surface area (Å²) in [4.78, 5) is 10.6. The van der Waals surface area contributed by atoms with Crippen LogP contribution < -0.4 is 4.90 Å². The molecule has 0 saturated carbocycles. The van der Waals surface area contributed by atoms with Gasteiger partial charge in [-0.2, -0.15) is 0 Å². The zero-order valence-electron chi connectivity index (χ0n) is 9.40. The molecule has 2 rings (SSSR count). The van der Waals surface area contributed by atoms with Gasteiger partial charge in [-0.1, -0.05) is 11.6 Å². The smallest absolute Gasteiger partial charge is 0.171 e. The van der Waals surface area contributed by atoms with E-state index in [-0.39, 0.29) is 0 Å². The van der Waals surface area contributed by atoms with Gasteiger partial charge >= 0.3 is 0 Å². The van der Waals surface area contributed by atoms with Crippen molar-refractivity contribution in [2.75, 3.05) is 24.7 Å². The van der Waals surface area contributed by atoms with Crippen LogP contribution in [-0.4, -0.2) is 35.8 Å². The Kier molecular flexibility index (Phi) is 3.96. The van der Waals surface area contributed by atoms with Crippen LogP contribution >= 0.6 is 11.6 Å². The third kappa shape index (κ3) is 2.44. The molecule has 4 nitrogen and oxygen atoms in total. The molecule has 5 heteroatoms. The van der Waals surface area contributed by atoms with Crippen molar-refractivity contribution in [1.29, 1.82) is 0 Å². The van der Waals surface area contributed by atoms with Gasteiger partial charge in [-0.3, -0.25) is 0 Å². The minimum atomic E-state index is 0.466. The molecule has 1 aliphatic rings. The van der Waals surface area contributed by atoms with Crippen molar-refractivity contribution in [3.8, 4) is 0 Å². The number of halogens is 1.